The molecule has 0 aromatic heterocycles. The third-order valence-electron chi connectivity index (χ3n) is 5.26. The Morgan fingerprint density at radius 1 is 1.45 bits per heavy atom. The molecule has 0 amide bonds. The molecule has 4 aliphatic rings. The molecule has 20 heavy (non-hydrogen) atoms. The average molecular weight is 269 g/mol. The Labute approximate surface area is 116 Å². The molecular formula is C16H15NO3. The second-order valence-electron chi connectivity index (χ2n) is 6.00. The molecule has 4 nitrogen and oxygen atoms in total. The van der Waals surface area contributed by atoms with Gasteiger partial charge in [-0.1, -0.05) is 12.1 Å². The predicted molar refractivity (Wildman–Crippen MR) is 73.1 cm³/mol. The minimum atomic E-state index is -0.235. The van der Waals surface area contributed by atoms with E-state index in [1.54, 1.807) is 13.2 Å². The van der Waals surface area contributed by atoms with Gasteiger partial charge in [-0.25, -0.2) is 0 Å². The van der Waals surface area contributed by atoms with E-state index in [0.717, 1.165) is 24.5 Å². The van der Waals surface area contributed by atoms with Crippen molar-refractivity contribution in [1.82, 2.24) is 5.32 Å². The van der Waals surface area contributed by atoms with E-state index in [4.69, 9.17) is 9.47 Å². The minimum absolute atomic E-state index is 0.235. The van der Waals surface area contributed by atoms with Crippen molar-refractivity contribution in [2.75, 3.05) is 13.7 Å². The van der Waals surface area contributed by atoms with Crippen molar-refractivity contribution in [2.24, 2.45) is 5.92 Å². The molecule has 2 bridgehead atoms. The van der Waals surface area contributed by atoms with Gasteiger partial charge in [-0.3, -0.25) is 0 Å². The van der Waals surface area contributed by atoms with Gasteiger partial charge in [0.2, 0.25) is 0 Å². The summed E-state index contributed by atoms with van der Waals surface area (Å²) in [6.07, 6.45) is 4.91. The van der Waals surface area contributed by atoms with Gasteiger partial charge in [0.05, 0.1) is 12.5 Å². The second kappa shape index (κ2) is 3.20. The summed E-state index contributed by atoms with van der Waals surface area (Å²) < 4.78 is 11.5. The molecule has 1 fully saturated rings. The predicted octanol–water partition coefficient (Wildman–Crippen LogP) is 1.81. The molecule has 5 rings (SSSR count). The zero-order valence-electron chi connectivity index (χ0n) is 11.1. The van der Waals surface area contributed by atoms with Crippen molar-refractivity contribution in [3.8, 4) is 11.5 Å². The van der Waals surface area contributed by atoms with Crippen LogP contribution in [0.3, 0.4) is 0 Å². The zero-order chi connectivity index (χ0) is 13.5. The van der Waals surface area contributed by atoms with Gasteiger partial charge in [0, 0.05) is 24.1 Å². The van der Waals surface area contributed by atoms with Crippen LogP contribution in [0.5, 0.6) is 11.5 Å². The molecule has 0 radical (unpaired) electrons. The summed E-state index contributed by atoms with van der Waals surface area (Å²) in [7, 11) is 1.66. The first kappa shape index (κ1) is 10.8. The Balaban J connectivity index is 1.90. The van der Waals surface area contributed by atoms with Gasteiger partial charge in [-0.2, -0.15) is 0 Å². The second-order valence-corrected chi connectivity index (χ2v) is 6.00. The fourth-order valence-corrected chi connectivity index (χ4v) is 4.49. The van der Waals surface area contributed by atoms with Crippen molar-refractivity contribution in [1.29, 1.82) is 0 Å². The van der Waals surface area contributed by atoms with E-state index in [9.17, 15) is 5.11 Å². The van der Waals surface area contributed by atoms with E-state index in [0.29, 0.717) is 17.7 Å². The van der Waals surface area contributed by atoms with Crippen LogP contribution in [-0.4, -0.2) is 24.8 Å². The number of hydrogen-bond acceptors (Lipinski definition) is 4. The minimum Gasteiger partial charge on any atom is -0.504 e. The van der Waals surface area contributed by atoms with E-state index in [-0.39, 0.29) is 11.2 Å². The fraction of sp³-hybridized carbons (Fsp3) is 0.375. The van der Waals surface area contributed by atoms with Crippen molar-refractivity contribution in [3.63, 3.8) is 0 Å². The first-order valence-electron chi connectivity index (χ1n) is 6.99. The molecule has 1 saturated heterocycles. The summed E-state index contributed by atoms with van der Waals surface area (Å²) >= 11 is 0. The Bertz CT molecular complexity index is 706. The van der Waals surface area contributed by atoms with E-state index in [1.807, 2.05) is 6.07 Å². The van der Waals surface area contributed by atoms with Crippen LogP contribution in [0.1, 0.15) is 11.1 Å². The van der Waals surface area contributed by atoms with Crippen LogP contribution in [0, 0.1) is 5.92 Å². The molecule has 4 heteroatoms. The van der Waals surface area contributed by atoms with E-state index in [2.05, 4.69) is 17.5 Å². The summed E-state index contributed by atoms with van der Waals surface area (Å²) in [6.45, 7) is 0.819. The number of nitrogens with one attached hydrogen (secondary N) is 1. The van der Waals surface area contributed by atoms with Crippen LogP contribution in [0.2, 0.25) is 0 Å². The lowest BCUT2D eigenvalue weighted by atomic mass is 9.62. The number of methoxy groups -OCH3 is 1. The maximum Gasteiger partial charge on any atom is 0.173 e. The summed E-state index contributed by atoms with van der Waals surface area (Å²) in [5.74, 6) is 2.84. The van der Waals surface area contributed by atoms with Crippen LogP contribution in [0.15, 0.2) is 35.8 Å². The summed E-state index contributed by atoms with van der Waals surface area (Å²) in [5.41, 5.74) is 2.29. The fourth-order valence-electron chi connectivity index (χ4n) is 4.49. The normalized spacial score (nSPS) is 35.0. The van der Waals surface area contributed by atoms with Crippen LogP contribution < -0.4 is 14.8 Å². The Morgan fingerprint density at radius 3 is 3.20 bits per heavy atom. The maximum atomic E-state index is 10.3. The lowest BCUT2D eigenvalue weighted by Gasteiger charge is -2.37. The first-order chi connectivity index (χ1) is 9.75. The highest BCUT2D eigenvalue weighted by Gasteiger charge is 2.62. The molecular weight excluding hydrogens is 254 g/mol. The first-order valence-corrected chi connectivity index (χ1v) is 6.99. The third kappa shape index (κ3) is 0.946. The average Bonchev–Trinajstić information content (AvgIpc) is 2.95. The number of aliphatic hydroxyl groups is 1. The van der Waals surface area contributed by atoms with Gasteiger partial charge < -0.3 is 19.9 Å². The van der Waals surface area contributed by atoms with Crippen molar-refractivity contribution in [3.05, 3.63) is 46.9 Å². The molecule has 1 aromatic rings. The van der Waals surface area contributed by atoms with Crippen LogP contribution in [0.4, 0.5) is 0 Å². The molecule has 3 atom stereocenters. The molecule has 1 unspecified atom stereocenters. The molecule has 1 spiro atoms. The highest BCUT2D eigenvalue weighted by Crippen LogP contribution is 2.62. The molecule has 2 heterocycles. The van der Waals surface area contributed by atoms with Crippen molar-refractivity contribution in [2.45, 2.75) is 17.9 Å². The topological polar surface area (TPSA) is 50.7 Å². The number of aliphatic hydroxyl groups excluding tert-OH is 1. The Kier molecular flexibility index (Phi) is 1.73. The highest BCUT2D eigenvalue weighted by molar-refractivity contribution is 5.67. The third-order valence-corrected chi connectivity index (χ3v) is 5.26. The van der Waals surface area contributed by atoms with Crippen molar-refractivity contribution >= 4 is 0 Å². The standard InChI is InChI=1S/C16H15NO3/c1-19-12-5-2-8-6-10-9-3-4-11(18)15-16(9,7-17-10)13(8)14(12)20-15/h2-5,9-10,17-18H,6-7H2,1H3/t9?,10-,16+/m1/s1. The van der Waals surface area contributed by atoms with Crippen LogP contribution in [0.25, 0.3) is 0 Å². The monoisotopic (exact) mass is 269 g/mol. The summed E-state index contributed by atoms with van der Waals surface area (Å²) in [5, 5.41) is 13.9. The smallest absolute Gasteiger partial charge is 0.173 e. The van der Waals surface area contributed by atoms with E-state index >= 15 is 0 Å². The van der Waals surface area contributed by atoms with Crippen LogP contribution >= 0.6 is 0 Å². The maximum absolute atomic E-state index is 10.3. The van der Waals surface area contributed by atoms with Gasteiger partial charge in [0.1, 0.15) is 0 Å². The van der Waals surface area contributed by atoms with Gasteiger partial charge in [-0.05, 0) is 24.1 Å². The molecule has 102 valence electrons. The number of rotatable bonds is 1. The Hall–Kier alpha value is -1.94. The molecule has 0 saturated carbocycles. The quantitative estimate of drug-likeness (QED) is 0.816. The van der Waals surface area contributed by atoms with Crippen LogP contribution in [-0.2, 0) is 11.8 Å². The number of benzene rings is 1. The zero-order valence-corrected chi connectivity index (χ0v) is 11.1. The van der Waals surface area contributed by atoms with Gasteiger partial charge in [-0.15, -0.1) is 0 Å². The summed E-state index contributed by atoms with van der Waals surface area (Å²) in [6, 6.07) is 4.52. The largest absolute Gasteiger partial charge is 0.504 e. The lowest BCUT2D eigenvalue weighted by Crippen LogP contribution is -2.42. The number of hydrogen-bond donors (Lipinski definition) is 2. The molecule has 2 aliphatic heterocycles. The number of allylic oxidation sites excluding steroid dienone is 1. The lowest BCUT2D eigenvalue weighted by molar-refractivity contribution is 0.272. The van der Waals surface area contributed by atoms with Gasteiger partial charge in [0.15, 0.2) is 23.0 Å². The van der Waals surface area contributed by atoms with E-state index < -0.39 is 0 Å². The Morgan fingerprint density at radius 2 is 2.35 bits per heavy atom. The highest BCUT2D eigenvalue weighted by atomic mass is 16.5. The molecule has 2 aliphatic carbocycles. The van der Waals surface area contributed by atoms with Crippen molar-refractivity contribution < 1.29 is 14.6 Å². The molecule has 2 N–H and O–H groups in total. The van der Waals surface area contributed by atoms with E-state index in [1.165, 1.54) is 11.1 Å². The van der Waals surface area contributed by atoms with Gasteiger partial charge >= 0.3 is 0 Å². The number of ether oxygens (including phenoxy) is 2. The van der Waals surface area contributed by atoms with Gasteiger partial charge in [0.25, 0.3) is 0 Å². The summed E-state index contributed by atoms with van der Waals surface area (Å²) in [4.78, 5) is 0. The molecule has 1 aromatic carbocycles. The SMILES string of the molecule is COc1ccc2c3c1OC1=C(O)C=CC4[C@@H](C2)NC[C@@]134.